The summed E-state index contributed by atoms with van der Waals surface area (Å²) in [7, 11) is 0. The van der Waals surface area contributed by atoms with E-state index in [1.165, 1.54) is 0 Å². The van der Waals surface area contributed by atoms with Gasteiger partial charge in [0.1, 0.15) is 12.1 Å². The van der Waals surface area contributed by atoms with E-state index in [4.69, 9.17) is 5.73 Å². The van der Waals surface area contributed by atoms with Crippen LogP contribution in [0, 0.1) is 11.8 Å². The number of likely N-dealkylation sites (tertiary alicyclic amines) is 1. The Kier molecular flexibility index (Phi) is 5.99. The summed E-state index contributed by atoms with van der Waals surface area (Å²) >= 11 is 0. The number of nitrogens with one attached hydrogen (secondary N) is 1. The Bertz CT molecular complexity index is 548. The minimum Gasteiger partial charge on any atom is -0.338 e. The molecule has 2 unspecified atom stereocenters. The summed E-state index contributed by atoms with van der Waals surface area (Å²) in [5, 5.41) is 2.86. The molecule has 8 heteroatoms. The van der Waals surface area contributed by atoms with E-state index >= 15 is 0 Å². The molecule has 3 rings (SSSR count). The number of hydrogen-bond acceptors (Lipinski definition) is 4. The number of amides is 4. The molecule has 0 aromatic rings. The Morgan fingerprint density at radius 2 is 1.92 bits per heavy atom. The number of hydrogen-bond donors (Lipinski definition) is 2. The second-order valence-electron chi connectivity index (χ2n) is 7.82. The minimum atomic E-state index is -0.777. The Morgan fingerprint density at radius 3 is 2.48 bits per heavy atom. The number of nitrogens with zero attached hydrogens (tertiary/aromatic N) is 2. The average molecular weight is 373 g/mol. The fraction of sp³-hybridized carbons (Fsp3) is 0.824. The van der Waals surface area contributed by atoms with Crippen LogP contribution < -0.4 is 11.1 Å². The first-order valence-corrected chi connectivity index (χ1v) is 9.00. The van der Waals surface area contributed by atoms with Crippen LogP contribution in [0.3, 0.4) is 0 Å². The molecule has 3 N–H and O–H groups in total. The SMILES string of the molecule is CC1CCC2(CC1)NC(=O)N(CC(=O)N1CC(CN)CC1C)C2=O.Cl. The number of rotatable bonds is 3. The second-order valence-corrected chi connectivity index (χ2v) is 7.82. The number of nitrogens with two attached hydrogens (primary N) is 1. The zero-order valence-corrected chi connectivity index (χ0v) is 15.8. The van der Waals surface area contributed by atoms with Gasteiger partial charge in [0.15, 0.2) is 0 Å². The summed E-state index contributed by atoms with van der Waals surface area (Å²) in [6.45, 7) is 5.16. The van der Waals surface area contributed by atoms with Crippen molar-refractivity contribution in [2.75, 3.05) is 19.6 Å². The average Bonchev–Trinajstić information content (AvgIpc) is 3.04. The van der Waals surface area contributed by atoms with E-state index in [0.29, 0.717) is 37.8 Å². The molecule has 2 saturated heterocycles. The van der Waals surface area contributed by atoms with Crippen molar-refractivity contribution >= 4 is 30.3 Å². The first kappa shape index (κ1) is 20.0. The first-order valence-electron chi connectivity index (χ1n) is 9.00. The van der Waals surface area contributed by atoms with Crippen molar-refractivity contribution in [3.8, 4) is 0 Å². The van der Waals surface area contributed by atoms with E-state index in [2.05, 4.69) is 12.2 Å². The van der Waals surface area contributed by atoms with Crippen LogP contribution in [-0.2, 0) is 9.59 Å². The Morgan fingerprint density at radius 1 is 1.28 bits per heavy atom. The van der Waals surface area contributed by atoms with Crippen LogP contribution in [0.15, 0.2) is 0 Å². The molecule has 3 fully saturated rings. The van der Waals surface area contributed by atoms with Gasteiger partial charge in [0.25, 0.3) is 5.91 Å². The van der Waals surface area contributed by atoms with Crippen LogP contribution in [0.2, 0.25) is 0 Å². The van der Waals surface area contributed by atoms with E-state index in [1.807, 2.05) is 6.92 Å². The Hall–Kier alpha value is -1.34. The number of imide groups is 1. The summed E-state index contributed by atoms with van der Waals surface area (Å²) in [6.07, 6.45) is 4.06. The van der Waals surface area contributed by atoms with Gasteiger partial charge in [0.2, 0.25) is 5.91 Å². The van der Waals surface area contributed by atoms with Gasteiger partial charge in [-0.05, 0) is 57.4 Å². The molecule has 0 bridgehead atoms. The van der Waals surface area contributed by atoms with E-state index in [0.717, 1.165) is 24.2 Å². The lowest BCUT2D eigenvalue weighted by molar-refractivity contribution is -0.140. The van der Waals surface area contributed by atoms with Crippen LogP contribution in [0.25, 0.3) is 0 Å². The molecule has 1 aliphatic carbocycles. The summed E-state index contributed by atoms with van der Waals surface area (Å²) < 4.78 is 0. The summed E-state index contributed by atoms with van der Waals surface area (Å²) in [5.41, 5.74) is 4.93. The Labute approximate surface area is 155 Å². The number of carbonyl (C=O) groups is 3. The largest absolute Gasteiger partial charge is 0.338 e. The molecule has 0 aromatic carbocycles. The van der Waals surface area contributed by atoms with Gasteiger partial charge >= 0.3 is 6.03 Å². The third-order valence-electron chi connectivity index (χ3n) is 5.98. The maximum absolute atomic E-state index is 12.8. The van der Waals surface area contributed by atoms with Crippen LogP contribution in [0.1, 0.15) is 46.0 Å². The third kappa shape index (κ3) is 3.62. The normalized spacial score (nSPS) is 35.1. The number of carbonyl (C=O) groups excluding carboxylic acids is 3. The Balaban J connectivity index is 0.00000225. The molecule has 3 aliphatic rings. The molecular weight excluding hydrogens is 344 g/mol. The standard InChI is InChI=1S/C17H28N4O3.ClH/c1-11-3-5-17(6-4-11)15(23)21(16(24)19-17)10-14(22)20-9-13(8-18)7-12(20)2;/h11-13H,3-10,18H2,1-2H3,(H,19,24);1H. The molecule has 0 radical (unpaired) electrons. The highest BCUT2D eigenvalue weighted by Gasteiger charge is 2.52. The maximum Gasteiger partial charge on any atom is 0.325 e. The van der Waals surface area contributed by atoms with Crippen LogP contribution in [0.5, 0.6) is 0 Å². The molecule has 4 amide bonds. The molecule has 1 saturated carbocycles. The van der Waals surface area contributed by atoms with E-state index in [-0.39, 0.29) is 36.8 Å². The molecule has 142 valence electrons. The highest BCUT2D eigenvalue weighted by molar-refractivity contribution is 6.09. The van der Waals surface area contributed by atoms with Gasteiger partial charge in [-0.15, -0.1) is 12.4 Å². The molecule has 2 aliphatic heterocycles. The van der Waals surface area contributed by atoms with Crippen molar-refractivity contribution in [2.45, 2.75) is 57.5 Å². The van der Waals surface area contributed by atoms with Crippen LogP contribution >= 0.6 is 12.4 Å². The third-order valence-corrected chi connectivity index (χ3v) is 5.98. The number of halogens is 1. The van der Waals surface area contributed by atoms with Gasteiger partial charge in [0.05, 0.1) is 0 Å². The number of urea groups is 1. The molecule has 25 heavy (non-hydrogen) atoms. The lowest BCUT2D eigenvalue weighted by atomic mass is 9.77. The van der Waals surface area contributed by atoms with Crippen molar-refractivity contribution in [3.63, 3.8) is 0 Å². The van der Waals surface area contributed by atoms with E-state index < -0.39 is 11.6 Å². The monoisotopic (exact) mass is 372 g/mol. The van der Waals surface area contributed by atoms with Gasteiger partial charge in [-0.2, -0.15) is 0 Å². The lowest BCUT2D eigenvalue weighted by Crippen LogP contribution is -2.50. The van der Waals surface area contributed by atoms with Crippen LogP contribution in [0.4, 0.5) is 4.79 Å². The highest BCUT2D eigenvalue weighted by Crippen LogP contribution is 2.36. The lowest BCUT2D eigenvalue weighted by Gasteiger charge is -2.33. The van der Waals surface area contributed by atoms with Crippen molar-refractivity contribution in [1.29, 1.82) is 0 Å². The molecule has 7 nitrogen and oxygen atoms in total. The zero-order valence-electron chi connectivity index (χ0n) is 15.0. The molecule has 2 atom stereocenters. The topological polar surface area (TPSA) is 95.7 Å². The van der Waals surface area contributed by atoms with E-state index in [1.54, 1.807) is 4.90 Å². The highest BCUT2D eigenvalue weighted by atomic mass is 35.5. The van der Waals surface area contributed by atoms with Crippen molar-refractivity contribution < 1.29 is 14.4 Å². The van der Waals surface area contributed by atoms with Gasteiger partial charge in [-0.3, -0.25) is 14.5 Å². The summed E-state index contributed by atoms with van der Waals surface area (Å²) in [5.74, 6) is 0.492. The zero-order chi connectivity index (χ0) is 17.5. The fourth-order valence-electron chi connectivity index (χ4n) is 4.30. The molecular formula is C17H29ClN4O3. The van der Waals surface area contributed by atoms with Crippen molar-refractivity contribution in [2.24, 2.45) is 17.6 Å². The minimum absolute atomic E-state index is 0. The van der Waals surface area contributed by atoms with Gasteiger partial charge in [-0.25, -0.2) is 4.79 Å². The van der Waals surface area contributed by atoms with E-state index in [9.17, 15) is 14.4 Å². The first-order chi connectivity index (χ1) is 11.4. The second kappa shape index (κ2) is 7.50. The summed E-state index contributed by atoms with van der Waals surface area (Å²) in [4.78, 5) is 40.6. The maximum atomic E-state index is 12.8. The molecule has 1 spiro atoms. The van der Waals surface area contributed by atoms with Crippen LogP contribution in [-0.4, -0.2) is 58.9 Å². The predicted octanol–water partition coefficient (Wildman–Crippen LogP) is 1.10. The van der Waals surface area contributed by atoms with Gasteiger partial charge in [0, 0.05) is 12.6 Å². The molecule has 2 heterocycles. The predicted molar refractivity (Wildman–Crippen MR) is 96.2 cm³/mol. The summed E-state index contributed by atoms with van der Waals surface area (Å²) in [6, 6.07) is -0.318. The molecule has 0 aromatic heterocycles. The van der Waals surface area contributed by atoms with Gasteiger partial charge < -0.3 is 16.0 Å². The van der Waals surface area contributed by atoms with Crippen molar-refractivity contribution in [1.82, 2.24) is 15.1 Å². The smallest absolute Gasteiger partial charge is 0.325 e. The quantitative estimate of drug-likeness (QED) is 0.725. The fourth-order valence-corrected chi connectivity index (χ4v) is 4.30. The van der Waals surface area contributed by atoms with Gasteiger partial charge in [-0.1, -0.05) is 6.92 Å². The van der Waals surface area contributed by atoms with Crippen molar-refractivity contribution in [3.05, 3.63) is 0 Å².